The third-order valence-electron chi connectivity index (χ3n) is 4.22. The molecule has 1 unspecified atom stereocenters. The molecule has 1 aliphatic heterocycles. The number of carbonyl (C=O) groups excluding carboxylic acids is 1. The van der Waals surface area contributed by atoms with Crippen LogP contribution in [0.5, 0.6) is 11.5 Å². The number of hydrogen-bond acceptors (Lipinski definition) is 4. The molecule has 130 valence electrons. The average molecular weight is 367 g/mol. The lowest BCUT2D eigenvalue weighted by atomic mass is 9.93. The van der Waals surface area contributed by atoms with Gasteiger partial charge in [-0.25, -0.2) is 0 Å². The van der Waals surface area contributed by atoms with Crippen LogP contribution in [0.3, 0.4) is 0 Å². The molecule has 1 aromatic heterocycles. The first-order valence-electron chi connectivity index (χ1n) is 8.04. The predicted molar refractivity (Wildman–Crippen MR) is 98.3 cm³/mol. The number of pyridine rings is 1. The first-order valence-corrected chi connectivity index (χ1v) is 8.42. The second-order valence-corrected chi connectivity index (χ2v) is 6.28. The maximum absolute atomic E-state index is 12.3. The van der Waals surface area contributed by atoms with E-state index in [1.54, 1.807) is 18.2 Å². The van der Waals surface area contributed by atoms with E-state index in [0.717, 1.165) is 11.3 Å². The molecule has 0 fully saturated rings. The van der Waals surface area contributed by atoms with Gasteiger partial charge in [-0.3, -0.25) is 9.78 Å². The summed E-state index contributed by atoms with van der Waals surface area (Å²) in [5.41, 5.74) is 8.47. The van der Waals surface area contributed by atoms with Gasteiger partial charge < -0.3 is 15.2 Å². The number of fused-ring (bicyclic) bond motifs is 1. The smallest absolute Gasteiger partial charge is 0.231 e. The zero-order valence-corrected chi connectivity index (χ0v) is 14.4. The van der Waals surface area contributed by atoms with Crippen molar-refractivity contribution in [2.24, 2.45) is 5.73 Å². The fraction of sp³-hybridized carbons (Fsp3) is 0.100. The molecule has 2 heterocycles. The number of benzene rings is 2. The van der Waals surface area contributed by atoms with Gasteiger partial charge in [0.1, 0.15) is 5.92 Å². The lowest BCUT2D eigenvalue weighted by Crippen LogP contribution is -2.23. The fourth-order valence-electron chi connectivity index (χ4n) is 2.99. The molecule has 0 saturated carbocycles. The van der Waals surface area contributed by atoms with E-state index >= 15 is 0 Å². The Morgan fingerprint density at radius 2 is 1.77 bits per heavy atom. The van der Waals surface area contributed by atoms with Crippen LogP contribution in [0.25, 0.3) is 11.3 Å². The Kier molecular flexibility index (Phi) is 4.22. The van der Waals surface area contributed by atoms with E-state index in [-0.39, 0.29) is 6.79 Å². The standard InChI is InChI=1S/C20H15ClN2O3/c21-14-10-18-17(25-11-26-18)9-13(14)19(20(22)24)16-8-4-7-15(23-16)12-5-2-1-3-6-12/h1-10,19H,11H2,(H2,22,24). The molecule has 1 amide bonds. The monoisotopic (exact) mass is 366 g/mol. The Morgan fingerprint density at radius 1 is 1.04 bits per heavy atom. The highest BCUT2D eigenvalue weighted by molar-refractivity contribution is 6.32. The van der Waals surface area contributed by atoms with Crippen molar-refractivity contribution in [1.82, 2.24) is 4.98 Å². The van der Waals surface area contributed by atoms with Gasteiger partial charge in [-0.1, -0.05) is 48.0 Å². The van der Waals surface area contributed by atoms with Gasteiger partial charge in [0.25, 0.3) is 0 Å². The number of hydrogen-bond donors (Lipinski definition) is 1. The summed E-state index contributed by atoms with van der Waals surface area (Å²) in [7, 11) is 0. The molecule has 3 aromatic rings. The van der Waals surface area contributed by atoms with E-state index in [4.69, 9.17) is 26.8 Å². The summed E-state index contributed by atoms with van der Waals surface area (Å²) >= 11 is 6.38. The van der Waals surface area contributed by atoms with Crippen molar-refractivity contribution in [2.75, 3.05) is 6.79 Å². The molecule has 0 saturated heterocycles. The van der Waals surface area contributed by atoms with Crippen LogP contribution in [0.2, 0.25) is 5.02 Å². The van der Waals surface area contributed by atoms with Gasteiger partial charge in [-0.2, -0.15) is 0 Å². The third kappa shape index (κ3) is 2.97. The number of rotatable bonds is 4. The summed E-state index contributed by atoms with van der Waals surface area (Å²) in [5, 5.41) is 0.380. The third-order valence-corrected chi connectivity index (χ3v) is 4.55. The highest BCUT2D eigenvalue weighted by atomic mass is 35.5. The number of carbonyl (C=O) groups is 1. The summed E-state index contributed by atoms with van der Waals surface area (Å²) in [6, 6.07) is 18.5. The van der Waals surface area contributed by atoms with Gasteiger partial charge in [0, 0.05) is 16.7 Å². The quantitative estimate of drug-likeness (QED) is 0.763. The molecule has 2 aromatic carbocycles. The number of nitrogens with zero attached hydrogens (tertiary/aromatic N) is 1. The minimum absolute atomic E-state index is 0.123. The van der Waals surface area contributed by atoms with E-state index in [1.165, 1.54) is 0 Å². The number of primary amides is 1. The van der Waals surface area contributed by atoms with Crippen LogP contribution in [0.1, 0.15) is 17.2 Å². The van der Waals surface area contributed by atoms with E-state index in [1.807, 2.05) is 42.5 Å². The SMILES string of the molecule is NC(=O)C(c1cccc(-c2ccccc2)n1)c1cc2c(cc1Cl)OCO2. The molecule has 0 radical (unpaired) electrons. The summed E-state index contributed by atoms with van der Waals surface area (Å²) in [5.74, 6) is -0.244. The molecule has 0 bridgehead atoms. The van der Waals surface area contributed by atoms with Gasteiger partial charge in [0.15, 0.2) is 11.5 Å². The number of ether oxygens (including phenoxy) is 2. The van der Waals surface area contributed by atoms with Crippen molar-refractivity contribution in [2.45, 2.75) is 5.92 Å². The van der Waals surface area contributed by atoms with E-state index in [0.29, 0.717) is 27.8 Å². The second-order valence-electron chi connectivity index (χ2n) is 5.88. The Balaban J connectivity index is 1.80. The second kappa shape index (κ2) is 6.69. The minimum Gasteiger partial charge on any atom is -0.454 e. The maximum atomic E-state index is 12.3. The summed E-state index contributed by atoms with van der Waals surface area (Å²) < 4.78 is 10.7. The van der Waals surface area contributed by atoms with Crippen LogP contribution in [0.15, 0.2) is 60.7 Å². The molecule has 0 aliphatic carbocycles. The molecule has 5 nitrogen and oxygen atoms in total. The van der Waals surface area contributed by atoms with Gasteiger partial charge in [0.05, 0.1) is 11.4 Å². The molecule has 4 rings (SSSR count). The van der Waals surface area contributed by atoms with Crippen LogP contribution in [0.4, 0.5) is 0 Å². The number of halogens is 1. The van der Waals surface area contributed by atoms with Crippen LogP contribution in [-0.4, -0.2) is 17.7 Å². The van der Waals surface area contributed by atoms with Crippen molar-refractivity contribution in [3.63, 3.8) is 0 Å². The molecule has 2 N–H and O–H groups in total. The van der Waals surface area contributed by atoms with Crippen LogP contribution in [0, 0.1) is 0 Å². The molecular formula is C20H15ClN2O3. The van der Waals surface area contributed by atoms with Crippen molar-refractivity contribution < 1.29 is 14.3 Å². The van der Waals surface area contributed by atoms with Gasteiger partial charge >= 0.3 is 0 Å². The summed E-state index contributed by atoms with van der Waals surface area (Å²) in [6.45, 7) is 0.123. The van der Waals surface area contributed by atoms with E-state index in [9.17, 15) is 4.79 Å². The lowest BCUT2D eigenvalue weighted by molar-refractivity contribution is -0.118. The number of nitrogens with two attached hydrogens (primary N) is 1. The minimum atomic E-state index is -0.791. The van der Waals surface area contributed by atoms with Crippen LogP contribution >= 0.6 is 11.6 Å². The van der Waals surface area contributed by atoms with Gasteiger partial charge in [-0.15, -0.1) is 0 Å². The normalized spacial score (nSPS) is 13.4. The van der Waals surface area contributed by atoms with Crippen molar-refractivity contribution >= 4 is 17.5 Å². The number of aromatic nitrogens is 1. The van der Waals surface area contributed by atoms with Crippen molar-refractivity contribution in [3.05, 3.63) is 76.9 Å². The average Bonchev–Trinajstić information content (AvgIpc) is 3.10. The molecular weight excluding hydrogens is 352 g/mol. The van der Waals surface area contributed by atoms with Crippen LogP contribution in [-0.2, 0) is 4.79 Å². The molecule has 6 heteroatoms. The number of amides is 1. The zero-order valence-electron chi connectivity index (χ0n) is 13.7. The Labute approximate surface area is 155 Å². The predicted octanol–water partition coefficient (Wildman–Crippen LogP) is 3.75. The summed E-state index contributed by atoms with van der Waals surface area (Å²) in [6.07, 6.45) is 0. The Bertz CT molecular complexity index is 976. The fourth-order valence-corrected chi connectivity index (χ4v) is 3.26. The van der Waals surface area contributed by atoms with Gasteiger partial charge in [-0.05, 0) is 23.8 Å². The van der Waals surface area contributed by atoms with Crippen molar-refractivity contribution in [3.8, 4) is 22.8 Å². The molecule has 26 heavy (non-hydrogen) atoms. The Morgan fingerprint density at radius 3 is 2.50 bits per heavy atom. The Hall–Kier alpha value is -3.05. The molecule has 0 spiro atoms. The summed E-state index contributed by atoms with van der Waals surface area (Å²) in [4.78, 5) is 16.9. The van der Waals surface area contributed by atoms with Crippen molar-refractivity contribution in [1.29, 1.82) is 0 Å². The highest BCUT2D eigenvalue weighted by Gasteiger charge is 2.27. The van der Waals surface area contributed by atoms with E-state index in [2.05, 4.69) is 4.98 Å². The molecule has 1 aliphatic rings. The first kappa shape index (κ1) is 16.4. The highest BCUT2D eigenvalue weighted by Crippen LogP contribution is 2.41. The first-order chi connectivity index (χ1) is 12.6. The van der Waals surface area contributed by atoms with E-state index < -0.39 is 11.8 Å². The zero-order chi connectivity index (χ0) is 18.1. The maximum Gasteiger partial charge on any atom is 0.231 e. The van der Waals surface area contributed by atoms with Gasteiger partial charge in [0.2, 0.25) is 12.7 Å². The lowest BCUT2D eigenvalue weighted by Gasteiger charge is -2.16. The topological polar surface area (TPSA) is 74.4 Å². The largest absolute Gasteiger partial charge is 0.454 e. The molecule has 1 atom stereocenters. The van der Waals surface area contributed by atoms with Crippen LogP contribution < -0.4 is 15.2 Å².